The summed E-state index contributed by atoms with van der Waals surface area (Å²) >= 11 is 0. The van der Waals surface area contributed by atoms with Crippen molar-refractivity contribution >= 4 is 129 Å². The van der Waals surface area contributed by atoms with Gasteiger partial charge in [-0.1, -0.05) is 340 Å². The topological polar surface area (TPSA) is 27.7 Å². The molecular weight excluding hydrogens is 1490 g/mol. The molecule has 0 fully saturated rings. The van der Waals surface area contributed by atoms with E-state index >= 15 is 0 Å². The maximum Gasteiger partial charge on any atom is 0.143 e. The van der Waals surface area contributed by atoms with Crippen molar-refractivity contribution in [3.63, 3.8) is 0 Å². The molecular formula is C120H68O3. The van der Waals surface area contributed by atoms with Gasteiger partial charge < -0.3 is 14.2 Å². The predicted octanol–water partition coefficient (Wildman–Crippen LogP) is 34.2. The Morgan fingerprint density at radius 2 is 0.472 bits per heavy atom. The van der Waals surface area contributed by atoms with Crippen molar-refractivity contribution in [2.45, 2.75) is 0 Å². The van der Waals surface area contributed by atoms with Gasteiger partial charge in [0.2, 0.25) is 0 Å². The van der Waals surface area contributed by atoms with Crippen LogP contribution >= 0.6 is 0 Å². The van der Waals surface area contributed by atoms with Gasteiger partial charge in [0.05, 0.1) is 0 Å². The molecule has 0 atom stereocenters. The van der Waals surface area contributed by atoms with E-state index < -0.39 is 0 Å². The highest BCUT2D eigenvalue weighted by Gasteiger charge is 2.32. The van der Waals surface area contributed by atoms with Crippen LogP contribution in [0.5, 0.6) is 34.5 Å². The number of benzene rings is 24. The molecule has 3 heteroatoms. The third-order valence-corrected chi connectivity index (χ3v) is 27.0. The van der Waals surface area contributed by atoms with Crippen LogP contribution in [0.2, 0.25) is 0 Å². The Hall–Kier alpha value is -16.2. The van der Waals surface area contributed by atoms with Crippen LogP contribution in [0.15, 0.2) is 413 Å². The first-order chi connectivity index (χ1) is 61.0. The second kappa shape index (κ2) is 26.1. The van der Waals surface area contributed by atoms with Gasteiger partial charge >= 0.3 is 0 Å². The Balaban J connectivity index is 0.635. The second-order valence-electron chi connectivity index (χ2n) is 33.3. The maximum atomic E-state index is 7.59. The molecule has 0 bridgehead atoms. The first-order valence-corrected chi connectivity index (χ1v) is 42.5. The smallest absolute Gasteiger partial charge is 0.143 e. The summed E-state index contributed by atoms with van der Waals surface area (Å²) in [6, 6.07) is 153. The van der Waals surface area contributed by atoms with Crippen molar-refractivity contribution in [1.29, 1.82) is 0 Å². The molecule has 0 aromatic heterocycles. The molecule has 24 aromatic rings. The van der Waals surface area contributed by atoms with Crippen LogP contribution in [0.1, 0.15) is 0 Å². The van der Waals surface area contributed by atoms with Gasteiger partial charge in [-0.15, -0.1) is 0 Å². The molecule has 0 aliphatic carbocycles. The maximum absolute atomic E-state index is 7.59. The van der Waals surface area contributed by atoms with E-state index in [-0.39, 0.29) is 0 Å². The Morgan fingerprint density at radius 3 is 1.07 bits per heavy atom. The number of hydrogen-bond donors (Lipinski definition) is 0. The Kier molecular flexibility index (Phi) is 14.4. The molecule has 0 saturated heterocycles. The highest BCUT2D eigenvalue weighted by atomic mass is 16.5. The molecule has 0 saturated carbocycles. The van der Waals surface area contributed by atoms with Crippen LogP contribution in [-0.4, -0.2) is 0 Å². The van der Waals surface area contributed by atoms with E-state index in [0.29, 0.717) is 0 Å². The van der Waals surface area contributed by atoms with Crippen LogP contribution in [0.25, 0.3) is 252 Å². The zero-order chi connectivity index (χ0) is 80.2. The van der Waals surface area contributed by atoms with E-state index in [4.69, 9.17) is 14.2 Å². The van der Waals surface area contributed by atoms with Gasteiger partial charge in [-0.2, -0.15) is 0 Å². The van der Waals surface area contributed by atoms with E-state index in [9.17, 15) is 0 Å². The summed E-state index contributed by atoms with van der Waals surface area (Å²) in [6.45, 7) is 0. The number of rotatable bonds is 8. The SMILES string of the molecule is c1ccc2c(c1)Oc1cccc3cc(-c4c5ccccc5c(-c5cccc6ccccc56)c5cc(-c6ccc7c(-c8cccc9ccccc89)c8ccccc8c(-c8ccc9c(c8)-c8ccc(-c%10ccc%11cccc%12c%11c%10Oc%10cc(-c%11c%13ccccc%13c(-c%13cccc%14ccccc%13%14)c%13ccccc%11%13)ccc%10-%12)c%10cccc(c8%10)O9)c7c6)ccc45)cc-2c13. The Bertz CT molecular complexity index is 8790. The molecule has 123 heavy (non-hydrogen) atoms. The van der Waals surface area contributed by atoms with Crippen molar-refractivity contribution in [1.82, 2.24) is 0 Å². The van der Waals surface area contributed by atoms with E-state index in [1.54, 1.807) is 0 Å². The van der Waals surface area contributed by atoms with Gasteiger partial charge in [0, 0.05) is 38.4 Å². The molecule has 0 radical (unpaired) electrons. The second-order valence-corrected chi connectivity index (χ2v) is 33.3. The first-order valence-electron chi connectivity index (χ1n) is 42.5. The normalized spacial score (nSPS) is 12.4. The van der Waals surface area contributed by atoms with Gasteiger partial charge in [-0.25, -0.2) is 0 Å². The largest absolute Gasteiger partial charge is 0.456 e. The Labute approximate surface area is 708 Å². The highest BCUT2D eigenvalue weighted by molar-refractivity contribution is 6.29. The van der Waals surface area contributed by atoms with Crippen molar-refractivity contribution in [3.05, 3.63) is 413 Å². The van der Waals surface area contributed by atoms with Crippen LogP contribution in [-0.2, 0) is 0 Å². The molecule has 0 amide bonds. The van der Waals surface area contributed by atoms with Crippen LogP contribution < -0.4 is 14.2 Å². The molecule has 0 spiro atoms. The third-order valence-electron chi connectivity index (χ3n) is 27.0. The average molecular weight is 1560 g/mol. The van der Waals surface area contributed by atoms with Gasteiger partial charge in [0.15, 0.2) is 0 Å². The fourth-order valence-corrected chi connectivity index (χ4v) is 21.7. The zero-order valence-electron chi connectivity index (χ0n) is 66.5. The number of fused-ring (bicyclic) bond motifs is 15. The van der Waals surface area contributed by atoms with Crippen LogP contribution in [0.3, 0.4) is 0 Å². The van der Waals surface area contributed by atoms with E-state index in [0.717, 1.165) is 145 Å². The fourth-order valence-electron chi connectivity index (χ4n) is 21.7. The lowest BCUT2D eigenvalue weighted by molar-refractivity contribution is 0.486. The molecule has 3 nitrogen and oxygen atoms in total. The Morgan fingerprint density at radius 1 is 0.122 bits per heavy atom. The van der Waals surface area contributed by atoms with Crippen molar-refractivity contribution in [3.8, 4) is 157 Å². The number of hydrogen-bond acceptors (Lipinski definition) is 3. The monoisotopic (exact) mass is 1560 g/mol. The lowest BCUT2D eigenvalue weighted by Gasteiger charge is -2.26. The predicted molar refractivity (Wildman–Crippen MR) is 517 cm³/mol. The summed E-state index contributed by atoms with van der Waals surface area (Å²) < 4.78 is 21.5. The molecule has 24 aromatic carbocycles. The number of para-hydroxylation sites is 1. The lowest BCUT2D eigenvalue weighted by Crippen LogP contribution is -2.01. The molecule has 3 aliphatic rings. The lowest BCUT2D eigenvalue weighted by atomic mass is 9.81. The summed E-state index contributed by atoms with van der Waals surface area (Å²) in [5.74, 6) is 5.06. The molecule has 0 unspecified atom stereocenters. The molecule has 3 heterocycles. The summed E-state index contributed by atoms with van der Waals surface area (Å²) in [5.41, 5.74) is 25.2. The van der Waals surface area contributed by atoms with Crippen molar-refractivity contribution in [2.75, 3.05) is 0 Å². The molecule has 566 valence electrons. The highest BCUT2D eigenvalue weighted by Crippen LogP contribution is 2.59. The van der Waals surface area contributed by atoms with Crippen LogP contribution in [0.4, 0.5) is 0 Å². The van der Waals surface area contributed by atoms with Gasteiger partial charge in [-0.05, 0) is 286 Å². The standard InChI is InChI=1S/C120H68O3/c1-4-31-79-69(23-1)26-17-43-85(79)116-94-39-11-7-35-90(94)111(91-36-8-12-40-95(91)116)77-54-56-84-89-46-20-29-72-51-59-101(120(115(72)89)123-110(84)68-77)82-60-61-98-102-66-76(55-62-107(102)122-109-50-22-47-88(82)119(98)109)112-92-37-9-13-41-96(92)117(86-44-18-27-70-24-2-5-32-80(70)86)100-58-53-73(64-104(100)112)74-52-57-99-105(65-74)118(87-45-19-28-71-25-3-6-33-81(71)87)97-42-14-10-38-93(97)113(99)78-63-75-30-21-49-108-114(75)103(67-78)83-34-15-16-48-106(83)121-108/h1-68H. The number of ether oxygens (including phenoxy) is 3. The minimum atomic E-state index is 0.815. The third kappa shape index (κ3) is 9.99. The van der Waals surface area contributed by atoms with Gasteiger partial charge in [0.1, 0.15) is 34.5 Å². The minimum absolute atomic E-state index is 0.815. The summed E-state index contributed by atoms with van der Waals surface area (Å²) in [5, 5.41) is 28.2. The van der Waals surface area contributed by atoms with E-state index in [1.165, 1.54) is 142 Å². The van der Waals surface area contributed by atoms with Crippen LogP contribution in [0, 0.1) is 0 Å². The van der Waals surface area contributed by atoms with Crippen molar-refractivity contribution in [2.24, 2.45) is 0 Å². The van der Waals surface area contributed by atoms with Crippen molar-refractivity contribution < 1.29 is 14.2 Å². The summed E-state index contributed by atoms with van der Waals surface area (Å²) in [6.07, 6.45) is 0. The molecule has 3 aliphatic heterocycles. The summed E-state index contributed by atoms with van der Waals surface area (Å²) in [7, 11) is 0. The fraction of sp³-hybridized carbons (Fsp3) is 0. The quantitative estimate of drug-likeness (QED) is 0.142. The summed E-state index contributed by atoms with van der Waals surface area (Å²) in [4.78, 5) is 0. The molecule has 27 rings (SSSR count). The molecule has 0 N–H and O–H groups in total. The first kappa shape index (κ1) is 67.8. The zero-order valence-corrected chi connectivity index (χ0v) is 66.5. The average Bonchev–Trinajstić information content (AvgIpc) is 0.706. The van der Waals surface area contributed by atoms with E-state index in [1.807, 2.05) is 0 Å². The minimum Gasteiger partial charge on any atom is -0.456 e. The van der Waals surface area contributed by atoms with Gasteiger partial charge in [-0.3, -0.25) is 0 Å². The van der Waals surface area contributed by atoms with E-state index in [2.05, 4.69) is 413 Å². The van der Waals surface area contributed by atoms with Gasteiger partial charge in [0.25, 0.3) is 0 Å².